The van der Waals surface area contributed by atoms with Gasteiger partial charge in [-0.3, -0.25) is 4.79 Å². The second kappa shape index (κ2) is 8.35. The van der Waals surface area contributed by atoms with Gasteiger partial charge in [-0.2, -0.15) is 4.31 Å². The van der Waals surface area contributed by atoms with Crippen LogP contribution < -0.4 is 5.32 Å². The number of hydrogen-bond donors (Lipinski definition) is 1. The Morgan fingerprint density at radius 3 is 2.68 bits per heavy atom. The van der Waals surface area contributed by atoms with E-state index < -0.39 is 10.0 Å². The first-order valence-electron chi connectivity index (χ1n) is 9.96. The zero-order valence-corrected chi connectivity index (χ0v) is 17.5. The zero-order valence-electron chi connectivity index (χ0n) is 15.9. The van der Waals surface area contributed by atoms with Gasteiger partial charge in [-0.25, -0.2) is 8.42 Å². The number of hydrogen-bond acceptors (Lipinski definition) is 4. The highest BCUT2D eigenvalue weighted by Gasteiger charge is 2.32. The summed E-state index contributed by atoms with van der Waals surface area (Å²) in [5, 5.41) is 5.04. The molecular formula is C21H26N2O3S2. The number of rotatable bonds is 6. The van der Waals surface area contributed by atoms with Gasteiger partial charge in [-0.1, -0.05) is 12.1 Å². The average Bonchev–Trinajstić information content (AvgIpc) is 3.39. The Morgan fingerprint density at radius 1 is 1.14 bits per heavy atom. The molecule has 1 aromatic heterocycles. The number of benzene rings is 1. The molecule has 4 rings (SSSR count). The number of fused-ring (bicyclic) bond motifs is 1. The molecule has 5 nitrogen and oxygen atoms in total. The number of carbonyl (C=O) groups excluding carboxylic acids is 1. The lowest BCUT2D eigenvalue weighted by atomic mass is 9.97. The van der Waals surface area contributed by atoms with Gasteiger partial charge in [0.15, 0.2) is 0 Å². The Bertz CT molecular complexity index is 931. The van der Waals surface area contributed by atoms with Gasteiger partial charge in [0, 0.05) is 30.4 Å². The van der Waals surface area contributed by atoms with Crippen molar-refractivity contribution < 1.29 is 13.2 Å². The molecule has 2 heterocycles. The fourth-order valence-electron chi connectivity index (χ4n) is 4.12. The van der Waals surface area contributed by atoms with Crippen LogP contribution >= 0.6 is 11.3 Å². The summed E-state index contributed by atoms with van der Waals surface area (Å²) in [5.41, 5.74) is 2.44. The highest BCUT2D eigenvalue weighted by atomic mass is 32.2. The number of aryl methyl sites for hydroxylation is 2. The van der Waals surface area contributed by atoms with Gasteiger partial charge >= 0.3 is 0 Å². The molecule has 0 saturated carbocycles. The number of carbonyl (C=O) groups is 1. The summed E-state index contributed by atoms with van der Waals surface area (Å²) in [6.45, 7) is 1.44. The van der Waals surface area contributed by atoms with Crippen LogP contribution in [0, 0.1) is 5.92 Å². The van der Waals surface area contributed by atoms with Crippen LogP contribution in [0.3, 0.4) is 0 Å². The van der Waals surface area contributed by atoms with E-state index in [-0.39, 0.29) is 11.8 Å². The van der Waals surface area contributed by atoms with Gasteiger partial charge in [0.25, 0.3) is 0 Å². The van der Waals surface area contributed by atoms with Crippen LogP contribution in [0.1, 0.15) is 35.3 Å². The Morgan fingerprint density at radius 2 is 1.93 bits per heavy atom. The molecular weight excluding hydrogens is 392 g/mol. The van der Waals surface area contributed by atoms with Crippen molar-refractivity contribution in [3.8, 4) is 0 Å². The standard InChI is InChI=1S/C21H26N2O3S2/c24-21(22-11-8-19-5-2-14-27-19)17-9-12-23(13-10-17)28(25,26)20-7-6-16-3-1-4-18(16)15-20/h2,5-7,14-15,17H,1,3-4,8-13H2,(H,22,24). The van der Waals surface area contributed by atoms with E-state index in [0.29, 0.717) is 37.4 Å². The van der Waals surface area contributed by atoms with Gasteiger partial charge in [-0.05, 0) is 73.2 Å². The predicted molar refractivity (Wildman–Crippen MR) is 111 cm³/mol. The smallest absolute Gasteiger partial charge is 0.243 e. The fourth-order valence-corrected chi connectivity index (χ4v) is 6.35. The first-order valence-corrected chi connectivity index (χ1v) is 12.3. The van der Waals surface area contributed by atoms with Crippen molar-refractivity contribution in [3.63, 3.8) is 0 Å². The van der Waals surface area contributed by atoms with Crippen LogP contribution in [-0.2, 0) is 34.1 Å². The monoisotopic (exact) mass is 418 g/mol. The predicted octanol–water partition coefficient (Wildman–Crippen LogP) is 3.00. The summed E-state index contributed by atoms with van der Waals surface area (Å²) in [6.07, 6.45) is 5.11. The highest BCUT2D eigenvalue weighted by Crippen LogP contribution is 2.28. The number of thiophene rings is 1. The number of nitrogens with one attached hydrogen (secondary N) is 1. The Kier molecular flexibility index (Phi) is 5.85. The van der Waals surface area contributed by atoms with E-state index in [4.69, 9.17) is 0 Å². The van der Waals surface area contributed by atoms with Crippen LogP contribution in [0.15, 0.2) is 40.6 Å². The molecule has 1 aliphatic carbocycles. The third kappa shape index (κ3) is 4.16. The molecule has 1 fully saturated rings. The summed E-state index contributed by atoms with van der Waals surface area (Å²) in [6, 6.07) is 9.63. The van der Waals surface area contributed by atoms with Crippen molar-refractivity contribution >= 4 is 27.3 Å². The molecule has 0 spiro atoms. The van der Waals surface area contributed by atoms with Crippen molar-refractivity contribution in [2.45, 2.75) is 43.4 Å². The lowest BCUT2D eigenvalue weighted by Crippen LogP contribution is -2.43. The molecule has 0 atom stereocenters. The summed E-state index contributed by atoms with van der Waals surface area (Å²) in [7, 11) is -3.48. The van der Waals surface area contributed by atoms with Crippen LogP contribution in [0.4, 0.5) is 0 Å². The van der Waals surface area contributed by atoms with Crippen molar-refractivity contribution in [2.75, 3.05) is 19.6 Å². The van der Waals surface area contributed by atoms with Crippen LogP contribution in [-0.4, -0.2) is 38.3 Å². The normalized spacial score (nSPS) is 18.1. The molecule has 150 valence electrons. The second-order valence-electron chi connectivity index (χ2n) is 7.58. The lowest BCUT2D eigenvalue weighted by Gasteiger charge is -2.30. The maximum atomic E-state index is 13.0. The molecule has 2 aromatic rings. The first-order chi connectivity index (χ1) is 13.5. The number of amides is 1. The third-order valence-electron chi connectivity index (χ3n) is 5.78. The first kappa shape index (κ1) is 19.6. The quantitative estimate of drug-likeness (QED) is 0.784. The summed E-state index contributed by atoms with van der Waals surface area (Å²) >= 11 is 1.69. The minimum Gasteiger partial charge on any atom is -0.355 e. The number of nitrogens with zero attached hydrogens (tertiary/aromatic N) is 1. The Labute approximate surface area is 170 Å². The molecule has 7 heteroatoms. The van der Waals surface area contributed by atoms with Crippen molar-refractivity contribution in [1.29, 1.82) is 0 Å². The minimum atomic E-state index is -3.48. The van der Waals surface area contributed by atoms with Crippen LogP contribution in [0.5, 0.6) is 0 Å². The maximum absolute atomic E-state index is 13.0. The van der Waals surface area contributed by atoms with E-state index in [2.05, 4.69) is 11.4 Å². The number of sulfonamides is 1. The second-order valence-corrected chi connectivity index (χ2v) is 10.6. The summed E-state index contributed by atoms with van der Waals surface area (Å²) < 4.78 is 27.5. The fraction of sp³-hybridized carbons (Fsp3) is 0.476. The van der Waals surface area contributed by atoms with Gasteiger partial charge in [0.2, 0.25) is 15.9 Å². The van der Waals surface area contributed by atoms with E-state index in [9.17, 15) is 13.2 Å². The van der Waals surface area contributed by atoms with E-state index >= 15 is 0 Å². The Balaban J connectivity index is 1.31. The molecule has 28 heavy (non-hydrogen) atoms. The largest absolute Gasteiger partial charge is 0.355 e. The maximum Gasteiger partial charge on any atom is 0.243 e. The van der Waals surface area contributed by atoms with Crippen molar-refractivity contribution in [1.82, 2.24) is 9.62 Å². The summed E-state index contributed by atoms with van der Waals surface area (Å²) in [5.74, 6) is -0.0547. The van der Waals surface area contributed by atoms with Crippen LogP contribution in [0.25, 0.3) is 0 Å². The van der Waals surface area contributed by atoms with Gasteiger partial charge < -0.3 is 5.32 Å². The van der Waals surface area contributed by atoms with Gasteiger partial charge in [0.05, 0.1) is 4.90 Å². The third-order valence-corrected chi connectivity index (χ3v) is 8.61. The van der Waals surface area contributed by atoms with Crippen molar-refractivity contribution in [2.24, 2.45) is 5.92 Å². The van der Waals surface area contributed by atoms with E-state index in [1.54, 1.807) is 21.7 Å². The summed E-state index contributed by atoms with van der Waals surface area (Å²) in [4.78, 5) is 14.1. The topological polar surface area (TPSA) is 66.5 Å². The average molecular weight is 419 g/mol. The minimum absolute atomic E-state index is 0.0473. The molecule has 1 aliphatic heterocycles. The van der Waals surface area contributed by atoms with Crippen LogP contribution in [0.2, 0.25) is 0 Å². The molecule has 0 radical (unpaired) electrons. The number of piperidine rings is 1. The molecule has 2 aliphatic rings. The zero-order chi connectivity index (χ0) is 19.6. The highest BCUT2D eigenvalue weighted by molar-refractivity contribution is 7.89. The SMILES string of the molecule is O=C(NCCc1cccs1)C1CCN(S(=O)(=O)c2ccc3c(c2)CCC3)CC1. The lowest BCUT2D eigenvalue weighted by molar-refractivity contribution is -0.126. The molecule has 1 N–H and O–H groups in total. The van der Waals surface area contributed by atoms with Gasteiger partial charge in [-0.15, -0.1) is 11.3 Å². The molecule has 1 saturated heterocycles. The van der Waals surface area contributed by atoms with E-state index in [1.807, 2.05) is 23.6 Å². The molecule has 0 unspecified atom stereocenters. The Hall–Kier alpha value is -1.70. The van der Waals surface area contributed by atoms with E-state index in [0.717, 1.165) is 25.7 Å². The van der Waals surface area contributed by atoms with E-state index in [1.165, 1.54) is 16.0 Å². The van der Waals surface area contributed by atoms with Gasteiger partial charge in [0.1, 0.15) is 0 Å². The molecule has 1 amide bonds. The molecule has 1 aromatic carbocycles. The molecule has 0 bridgehead atoms. The van der Waals surface area contributed by atoms with Crippen molar-refractivity contribution in [3.05, 3.63) is 51.7 Å².